The Bertz CT molecular complexity index is 1390. The van der Waals surface area contributed by atoms with Crippen LogP contribution in [0.1, 0.15) is 45.0 Å². The van der Waals surface area contributed by atoms with Gasteiger partial charge in [0.25, 0.3) is 11.8 Å². The van der Waals surface area contributed by atoms with Crippen LogP contribution in [-0.4, -0.2) is 44.8 Å². The number of benzene rings is 2. The van der Waals surface area contributed by atoms with Gasteiger partial charge in [-0.2, -0.15) is 0 Å². The van der Waals surface area contributed by atoms with Crippen LogP contribution in [0.4, 0.5) is 10.1 Å². The summed E-state index contributed by atoms with van der Waals surface area (Å²) in [6.07, 6.45) is 6.21. The number of anilines is 1. The van der Waals surface area contributed by atoms with E-state index in [1.807, 2.05) is 36.4 Å². The van der Waals surface area contributed by atoms with Crippen LogP contribution in [-0.2, 0) is 0 Å². The minimum Gasteiger partial charge on any atom is -0.339 e. The minimum absolute atomic E-state index is 0.208. The summed E-state index contributed by atoms with van der Waals surface area (Å²) >= 11 is 5.90. The van der Waals surface area contributed by atoms with Crippen molar-refractivity contribution >= 4 is 29.1 Å². The zero-order chi connectivity index (χ0) is 25.8. The van der Waals surface area contributed by atoms with Crippen molar-refractivity contribution in [1.29, 1.82) is 0 Å². The molecule has 0 spiro atoms. The number of hydrogen-bond acceptors (Lipinski definition) is 5. The molecule has 2 aromatic carbocycles. The topological polar surface area (TPSA) is 88.1 Å². The first-order valence-electron chi connectivity index (χ1n) is 11.9. The van der Waals surface area contributed by atoms with Crippen LogP contribution in [0.25, 0.3) is 11.5 Å². The summed E-state index contributed by atoms with van der Waals surface area (Å²) in [5, 5.41) is 3.08. The van der Waals surface area contributed by atoms with Crippen molar-refractivity contribution in [3.63, 3.8) is 0 Å². The molecule has 5 rings (SSSR count). The van der Waals surface area contributed by atoms with E-state index in [0.29, 0.717) is 35.9 Å². The summed E-state index contributed by atoms with van der Waals surface area (Å²) in [4.78, 5) is 39.8. The van der Waals surface area contributed by atoms with Crippen molar-refractivity contribution in [2.75, 3.05) is 18.4 Å². The molecule has 1 N–H and O–H groups in total. The van der Waals surface area contributed by atoms with E-state index in [0.717, 1.165) is 18.4 Å². The maximum atomic E-state index is 13.6. The number of likely N-dealkylation sites (tertiary alicyclic amines) is 1. The summed E-state index contributed by atoms with van der Waals surface area (Å²) in [6.45, 7) is 1.15. The van der Waals surface area contributed by atoms with Crippen LogP contribution >= 0.6 is 11.6 Å². The van der Waals surface area contributed by atoms with Gasteiger partial charge in [-0.3, -0.25) is 14.6 Å². The molecule has 7 nitrogen and oxygen atoms in total. The van der Waals surface area contributed by atoms with Crippen LogP contribution in [0, 0.1) is 5.82 Å². The Hall–Kier alpha value is -4.17. The van der Waals surface area contributed by atoms with E-state index in [1.165, 1.54) is 30.6 Å². The predicted octanol–water partition coefficient (Wildman–Crippen LogP) is 5.60. The van der Waals surface area contributed by atoms with Crippen molar-refractivity contribution in [1.82, 2.24) is 19.9 Å². The average Bonchev–Trinajstić information content (AvgIpc) is 2.93. The monoisotopic (exact) mass is 515 g/mol. The lowest BCUT2D eigenvalue weighted by Crippen LogP contribution is -2.38. The molecule has 2 aromatic heterocycles. The van der Waals surface area contributed by atoms with Crippen molar-refractivity contribution in [3.8, 4) is 11.5 Å². The lowest BCUT2D eigenvalue weighted by atomic mass is 9.89. The molecular weight excluding hydrogens is 493 g/mol. The van der Waals surface area contributed by atoms with Gasteiger partial charge in [0.1, 0.15) is 11.5 Å². The Balaban J connectivity index is 1.16. The number of carbonyl (C=O) groups is 2. The van der Waals surface area contributed by atoms with Crippen LogP contribution in [0.3, 0.4) is 0 Å². The van der Waals surface area contributed by atoms with Gasteiger partial charge in [-0.1, -0.05) is 29.8 Å². The predicted molar refractivity (Wildman–Crippen MR) is 139 cm³/mol. The molecule has 2 amide bonds. The fourth-order valence-corrected chi connectivity index (χ4v) is 4.61. The molecule has 0 aliphatic carbocycles. The molecular formula is C28H23ClFN5O2. The normalized spacial score (nSPS) is 13.8. The highest BCUT2D eigenvalue weighted by Crippen LogP contribution is 2.30. The molecule has 1 saturated heterocycles. The molecule has 0 bridgehead atoms. The molecule has 4 aromatic rings. The standard InChI is InChI=1S/C28H23ClFN5O2/c29-22-13-20(14-23(30)15-22)28(37)35-11-8-19(9-12-35)18-4-6-24(7-5-18)34-27(36)21-16-32-26(33-17-21)25-3-1-2-10-31-25/h1-7,10,13-17,19H,8-9,11-12H2,(H,34,36). The second-order valence-corrected chi connectivity index (χ2v) is 9.25. The second kappa shape index (κ2) is 10.8. The molecule has 0 radical (unpaired) electrons. The number of rotatable bonds is 5. The van der Waals surface area contributed by atoms with Gasteiger partial charge >= 0.3 is 0 Å². The highest BCUT2D eigenvalue weighted by Gasteiger charge is 2.25. The van der Waals surface area contributed by atoms with E-state index < -0.39 is 5.82 Å². The molecule has 0 saturated carbocycles. The largest absolute Gasteiger partial charge is 0.339 e. The van der Waals surface area contributed by atoms with Gasteiger partial charge in [-0.05, 0) is 66.8 Å². The lowest BCUT2D eigenvalue weighted by molar-refractivity contribution is 0.0712. The Labute approximate surface area is 218 Å². The van der Waals surface area contributed by atoms with Gasteiger partial charge in [0.15, 0.2) is 5.82 Å². The summed E-state index contributed by atoms with van der Waals surface area (Å²) < 4.78 is 13.6. The van der Waals surface area contributed by atoms with Crippen LogP contribution < -0.4 is 5.32 Å². The third kappa shape index (κ3) is 5.81. The first kappa shape index (κ1) is 24.5. The third-order valence-corrected chi connectivity index (χ3v) is 6.56. The SMILES string of the molecule is O=C(Nc1ccc(C2CCN(C(=O)c3cc(F)cc(Cl)c3)CC2)cc1)c1cnc(-c2ccccn2)nc1. The Morgan fingerprint density at radius 3 is 2.30 bits per heavy atom. The zero-order valence-corrected chi connectivity index (χ0v) is 20.5. The van der Waals surface area contributed by atoms with Gasteiger partial charge in [0.05, 0.1) is 5.56 Å². The van der Waals surface area contributed by atoms with Crippen molar-refractivity contribution in [2.24, 2.45) is 0 Å². The number of pyridine rings is 1. The van der Waals surface area contributed by atoms with E-state index >= 15 is 0 Å². The number of nitrogens with zero attached hydrogens (tertiary/aromatic N) is 4. The van der Waals surface area contributed by atoms with Gasteiger partial charge in [0.2, 0.25) is 0 Å². The molecule has 0 atom stereocenters. The lowest BCUT2D eigenvalue weighted by Gasteiger charge is -2.32. The number of amides is 2. The summed E-state index contributed by atoms with van der Waals surface area (Å²) in [5.41, 5.74) is 3.05. The quantitative estimate of drug-likeness (QED) is 0.373. The van der Waals surface area contributed by atoms with Crippen LogP contribution in [0.15, 0.2) is 79.3 Å². The van der Waals surface area contributed by atoms with Gasteiger partial charge in [0, 0.05) is 48.0 Å². The maximum Gasteiger partial charge on any atom is 0.258 e. The Kier molecular flexibility index (Phi) is 7.18. The smallest absolute Gasteiger partial charge is 0.258 e. The van der Waals surface area contributed by atoms with E-state index in [1.54, 1.807) is 17.2 Å². The van der Waals surface area contributed by atoms with Crippen LogP contribution in [0.2, 0.25) is 5.02 Å². The molecule has 9 heteroatoms. The summed E-state index contributed by atoms with van der Waals surface area (Å²) in [7, 11) is 0. The summed E-state index contributed by atoms with van der Waals surface area (Å²) in [6, 6.07) is 17.1. The minimum atomic E-state index is -0.521. The number of hydrogen-bond donors (Lipinski definition) is 1. The highest BCUT2D eigenvalue weighted by molar-refractivity contribution is 6.31. The van der Waals surface area contributed by atoms with E-state index in [-0.39, 0.29) is 28.3 Å². The first-order valence-corrected chi connectivity index (χ1v) is 12.2. The molecule has 0 unspecified atom stereocenters. The van der Waals surface area contributed by atoms with Gasteiger partial charge < -0.3 is 10.2 Å². The van der Waals surface area contributed by atoms with Crippen molar-refractivity contribution in [3.05, 3.63) is 107 Å². The number of halogens is 2. The number of piperidine rings is 1. The molecule has 37 heavy (non-hydrogen) atoms. The molecule has 186 valence electrons. The fourth-order valence-electron chi connectivity index (χ4n) is 4.39. The maximum absolute atomic E-state index is 13.6. The third-order valence-electron chi connectivity index (χ3n) is 6.34. The first-order chi connectivity index (χ1) is 18.0. The molecule has 1 aliphatic rings. The van der Waals surface area contributed by atoms with E-state index in [2.05, 4.69) is 20.3 Å². The molecule has 1 fully saturated rings. The van der Waals surface area contributed by atoms with E-state index in [9.17, 15) is 14.0 Å². The van der Waals surface area contributed by atoms with Gasteiger partial charge in [-0.25, -0.2) is 14.4 Å². The molecule has 1 aliphatic heterocycles. The summed E-state index contributed by atoms with van der Waals surface area (Å²) in [5.74, 6) is -0.294. The van der Waals surface area contributed by atoms with E-state index in [4.69, 9.17) is 11.6 Å². The Morgan fingerprint density at radius 2 is 1.65 bits per heavy atom. The van der Waals surface area contributed by atoms with Crippen molar-refractivity contribution < 1.29 is 14.0 Å². The fraction of sp³-hybridized carbons (Fsp3) is 0.179. The number of carbonyl (C=O) groups excluding carboxylic acids is 2. The highest BCUT2D eigenvalue weighted by atomic mass is 35.5. The zero-order valence-electron chi connectivity index (χ0n) is 19.8. The van der Waals surface area contributed by atoms with Crippen molar-refractivity contribution in [2.45, 2.75) is 18.8 Å². The molecule has 3 heterocycles. The second-order valence-electron chi connectivity index (χ2n) is 8.81. The number of nitrogens with one attached hydrogen (secondary N) is 1. The average molecular weight is 516 g/mol. The number of aromatic nitrogens is 3. The van der Waals surface area contributed by atoms with Gasteiger partial charge in [-0.15, -0.1) is 0 Å². The van der Waals surface area contributed by atoms with Crippen LogP contribution in [0.5, 0.6) is 0 Å². The Morgan fingerprint density at radius 1 is 0.919 bits per heavy atom.